The van der Waals surface area contributed by atoms with Crippen molar-refractivity contribution in [2.45, 2.75) is 19.3 Å². The van der Waals surface area contributed by atoms with Gasteiger partial charge in [0.2, 0.25) is 5.89 Å². The summed E-state index contributed by atoms with van der Waals surface area (Å²) in [6.45, 7) is 4.68. The first-order valence-electron chi connectivity index (χ1n) is 19.0. The maximum Gasteiger partial charge on any atom is 0.227 e. The maximum atomic E-state index is 6.66. The molecule has 11 rings (SSSR count). The van der Waals surface area contributed by atoms with Crippen LogP contribution < -0.4 is 4.90 Å². The molecule has 1 aromatic heterocycles. The highest BCUT2D eigenvalue weighted by molar-refractivity contribution is 6.27. The summed E-state index contributed by atoms with van der Waals surface area (Å²) in [5.41, 5.74) is 13.6. The quantitative estimate of drug-likeness (QED) is 0.167. The Morgan fingerprint density at radius 3 is 1.96 bits per heavy atom. The van der Waals surface area contributed by atoms with Gasteiger partial charge in [-0.2, -0.15) is 0 Å². The van der Waals surface area contributed by atoms with Crippen molar-refractivity contribution < 1.29 is 4.42 Å². The lowest BCUT2D eigenvalue weighted by Gasteiger charge is -2.29. The van der Waals surface area contributed by atoms with Gasteiger partial charge >= 0.3 is 0 Å². The molecule has 0 saturated carbocycles. The smallest absolute Gasteiger partial charge is 0.227 e. The highest BCUT2D eigenvalue weighted by Crippen LogP contribution is 2.51. The lowest BCUT2D eigenvalue weighted by Crippen LogP contribution is -2.15. The van der Waals surface area contributed by atoms with Crippen LogP contribution in [0.25, 0.3) is 77.1 Å². The number of benzene rings is 9. The summed E-state index contributed by atoms with van der Waals surface area (Å²) in [5, 5.41) is 6.87. The van der Waals surface area contributed by atoms with Crippen LogP contribution in [0.3, 0.4) is 0 Å². The Bertz CT molecular complexity index is 3120. The van der Waals surface area contributed by atoms with Gasteiger partial charge in [0.1, 0.15) is 5.52 Å². The van der Waals surface area contributed by atoms with E-state index < -0.39 is 0 Å². The van der Waals surface area contributed by atoms with Crippen LogP contribution >= 0.6 is 0 Å². The molecule has 0 radical (unpaired) electrons. The number of aromatic nitrogens is 1. The third-order valence-electron chi connectivity index (χ3n) is 11.7. The SMILES string of the molecule is CC1(C)c2ccccc2-c2cc(N(c3cccc(-c4ccccc4)c3)c3cccc4c3ccc3ccc5ccc6nc(-c7ccccc7)oc6c5c34)ccc21. The average molecular weight is 705 g/mol. The van der Waals surface area contributed by atoms with Crippen LogP contribution in [0.4, 0.5) is 17.1 Å². The normalized spacial score (nSPS) is 13.1. The minimum absolute atomic E-state index is 0.0751. The van der Waals surface area contributed by atoms with Gasteiger partial charge in [-0.15, -0.1) is 0 Å². The van der Waals surface area contributed by atoms with Crippen LogP contribution in [0.1, 0.15) is 25.0 Å². The molecule has 0 fully saturated rings. The Morgan fingerprint density at radius 1 is 0.473 bits per heavy atom. The molecule has 0 aliphatic heterocycles. The fraction of sp³-hybridized carbons (Fsp3) is 0.0577. The molecule has 0 saturated heterocycles. The number of hydrogen-bond acceptors (Lipinski definition) is 3. The van der Waals surface area contributed by atoms with Gasteiger partial charge in [0, 0.05) is 38.5 Å². The van der Waals surface area contributed by atoms with Gasteiger partial charge < -0.3 is 9.32 Å². The molecule has 0 atom stereocenters. The summed E-state index contributed by atoms with van der Waals surface area (Å²) in [4.78, 5) is 7.40. The molecule has 1 aliphatic carbocycles. The monoisotopic (exact) mass is 704 g/mol. The molecule has 1 aliphatic rings. The summed E-state index contributed by atoms with van der Waals surface area (Å²) in [7, 11) is 0. The molecular weight excluding hydrogens is 669 g/mol. The second kappa shape index (κ2) is 12.0. The number of rotatable bonds is 5. The van der Waals surface area contributed by atoms with E-state index in [0.717, 1.165) is 55.3 Å². The summed E-state index contributed by atoms with van der Waals surface area (Å²) < 4.78 is 6.66. The Balaban J connectivity index is 1.18. The first kappa shape index (κ1) is 31.5. The van der Waals surface area contributed by atoms with E-state index in [2.05, 4.69) is 170 Å². The van der Waals surface area contributed by atoms with E-state index in [4.69, 9.17) is 9.40 Å². The number of anilines is 3. The predicted octanol–water partition coefficient (Wildman–Crippen LogP) is 14.4. The minimum Gasteiger partial charge on any atom is -0.435 e. The first-order chi connectivity index (χ1) is 27.0. The molecular formula is C52H36N2O. The molecule has 0 N–H and O–H groups in total. The van der Waals surface area contributed by atoms with Gasteiger partial charge in [0.25, 0.3) is 0 Å². The molecule has 0 amide bonds. The molecule has 1 heterocycles. The van der Waals surface area contributed by atoms with Crippen LogP contribution in [0.5, 0.6) is 0 Å². The zero-order valence-electron chi connectivity index (χ0n) is 30.6. The molecule has 10 aromatic rings. The van der Waals surface area contributed by atoms with Crippen molar-refractivity contribution in [1.29, 1.82) is 0 Å². The maximum absolute atomic E-state index is 6.66. The van der Waals surface area contributed by atoms with E-state index in [-0.39, 0.29) is 5.41 Å². The highest BCUT2D eigenvalue weighted by Gasteiger charge is 2.35. The largest absolute Gasteiger partial charge is 0.435 e. The van der Waals surface area contributed by atoms with E-state index in [9.17, 15) is 0 Å². The zero-order chi connectivity index (χ0) is 36.7. The van der Waals surface area contributed by atoms with Gasteiger partial charge in [-0.3, -0.25) is 0 Å². The summed E-state index contributed by atoms with van der Waals surface area (Å²) in [5.74, 6) is 0.631. The Labute approximate surface area is 319 Å². The van der Waals surface area contributed by atoms with Crippen LogP contribution in [0.2, 0.25) is 0 Å². The van der Waals surface area contributed by atoms with Gasteiger partial charge in [0.15, 0.2) is 5.58 Å². The molecule has 0 bridgehead atoms. The van der Waals surface area contributed by atoms with Gasteiger partial charge in [-0.05, 0) is 98.1 Å². The van der Waals surface area contributed by atoms with Crippen molar-refractivity contribution in [1.82, 2.24) is 4.98 Å². The Kier molecular flexibility index (Phi) is 6.90. The highest BCUT2D eigenvalue weighted by atomic mass is 16.3. The number of hydrogen-bond donors (Lipinski definition) is 0. The molecule has 0 unspecified atom stereocenters. The van der Waals surface area contributed by atoms with Gasteiger partial charge in [0.05, 0.1) is 5.69 Å². The topological polar surface area (TPSA) is 29.3 Å². The number of fused-ring (bicyclic) bond motifs is 10. The van der Waals surface area contributed by atoms with Crippen molar-refractivity contribution in [3.63, 3.8) is 0 Å². The average Bonchev–Trinajstić information content (AvgIpc) is 3.78. The summed E-state index contributed by atoms with van der Waals surface area (Å²) in [6.07, 6.45) is 0. The van der Waals surface area contributed by atoms with E-state index in [1.165, 1.54) is 44.2 Å². The molecule has 55 heavy (non-hydrogen) atoms. The van der Waals surface area contributed by atoms with E-state index in [1.807, 2.05) is 30.3 Å². The van der Waals surface area contributed by atoms with E-state index in [1.54, 1.807) is 0 Å². The third-order valence-corrected chi connectivity index (χ3v) is 11.7. The standard InChI is InChI=1S/C52H36N2O/c1-52(2)44-21-10-9-19-40(44)43-32-39(27-29-45(43)52)54(38-18-11-17-37(31-38)33-13-5-3-6-14-33)47-22-12-20-42-41(47)28-25-34-23-24-35-26-30-46-50(49(35)48(34)42)55-51(53-46)36-15-7-4-8-16-36/h3-32H,1-2H3. The third kappa shape index (κ3) is 4.86. The van der Waals surface area contributed by atoms with Crippen molar-refractivity contribution in [3.05, 3.63) is 193 Å². The fourth-order valence-corrected chi connectivity index (χ4v) is 8.99. The number of oxazole rings is 1. The fourth-order valence-electron chi connectivity index (χ4n) is 8.99. The lowest BCUT2D eigenvalue weighted by atomic mass is 9.82. The van der Waals surface area contributed by atoms with Crippen molar-refractivity contribution >= 4 is 60.5 Å². The van der Waals surface area contributed by atoms with Crippen molar-refractivity contribution in [2.75, 3.05) is 4.90 Å². The second-order valence-electron chi connectivity index (χ2n) is 15.2. The van der Waals surface area contributed by atoms with Crippen LogP contribution in [-0.4, -0.2) is 4.98 Å². The molecule has 0 spiro atoms. The van der Waals surface area contributed by atoms with Gasteiger partial charge in [-0.1, -0.05) is 147 Å². The van der Waals surface area contributed by atoms with Crippen LogP contribution in [-0.2, 0) is 5.41 Å². The van der Waals surface area contributed by atoms with Crippen LogP contribution in [0.15, 0.2) is 186 Å². The lowest BCUT2D eigenvalue weighted by molar-refractivity contribution is 0.623. The van der Waals surface area contributed by atoms with Crippen LogP contribution in [0, 0.1) is 0 Å². The predicted molar refractivity (Wildman–Crippen MR) is 230 cm³/mol. The number of nitrogens with zero attached hydrogens (tertiary/aromatic N) is 2. The summed E-state index contributed by atoms with van der Waals surface area (Å²) >= 11 is 0. The molecule has 9 aromatic carbocycles. The first-order valence-corrected chi connectivity index (χ1v) is 19.0. The second-order valence-corrected chi connectivity index (χ2v) is 15.2. The van der Waals surface area contributed by atoms with Gasteiger partial charge in [-0.25, -0.2) is 4.98 Å². The van der Waals surface area contributed by atoms with E-state index in [0.29, 0.717) is 5.89 Å². The molecule has 3 nitrogen and oxygen atoms in total. The van der Waals surface area contributed by atoms with Crippen molar-refractivity contribution in [2.24, 2.45) is 0 Å². The summed E-state index contributed by atoms with van der Waals surface area (Å²) in [6, 6.07) is 65.6. The van der Waals surface area contributed by atoms with Crippen molar-refractivity contribution in [3.8, 4) is 33.7 Å². The Morgan fingerprint density at radius 2 is 1.13 bits per heavy atom. The zero-order valence-corrected chi connectivity index (χ0v) is 30.6. The minimum atomic E-state index is -0.0751. The molecule has 3 heteroatoms. The molecule has 260 valence electrons. The van der Waals surface area contributed by atoms with E-state index >= 15 is 0 Å². The Hall–Kier alpha value is -6.97.